The van der Waals surface area contributed by atoms with Gasteiger partial charge >= 0.3 is 0 Å². The van der Waals surface area contributed by atoms with Crippen molar-refractivity contribution in [3.63, 3.8) is 0 Å². The molecule has 2 N–H and O–H groups in total. The minimum atomic E-state index is -0.235. The van der Waals surface area contributed by atoms with Crippen molar-refractivity contribution >= 4 is 46.6 Å². The van der Waals surface area contributed by atoms with Gasteiger partial charge in [0, 0.05) is 5.56 Å². The first-order valence-electron chi connectivity index (χ1n) is 6.98. The van der Waals surface area contributed by atoms with Crippen LogP contribution in [0.1, 0.15) is 0 Å². The monoisotopic (exact) mass is 378 g/mol. The maximum Gasteiger partial charge on any atom is 0.234 e. The summed E-state index contributed by atoms with van der Waals surface area (Å²) in [6.07, 6.45) is 0. The summed E-state index contributed by atoms with van der Waals surface area (Å²) in [4.78, 5) is 16.4. The molecule has 1 heterocycles. The topological polar surface area (TPSA) is 70.7 Å². The number of carbonyl (C=O) groups is 1. The Bertz CT molecular complexity index is 834. The number of benzene rings is 2. The quantitative estimate of drug-likeness (QED) is 0.640. The summed E-state index contributed by atoms with van der Waals surface area (Å²) in [6, 6.07) is 14.7. The van der Waals surface area contributed by atoms with Crippen molar-refractivity contribution in [3.05, 3.63) is 58.6 Å². The Kier molecular flexibility index (Phi) is 5.40. The number of carbonyl (C=O) groups excluding carboxylic acids is 1. The summed E-state index contributed by atoms with van der Waals surface area (Å²) in [5.41, 5.74) is 1.34. The van der Waals surface area contributed by atoms with E-state index < -0.39 is 0 Å². The number of rotatable bonds is 5. The molecule has 0 saturated heterocycles. The molecule has 1 aromatic heterocycles. The molecule has 24 heavy (non-hydrogen) atoms. The van der Waals surface area contributed by atoms with E-state index in [0.29, 0.717) is 26.7 Å². The molecule has 3 rings (SSSR count). The maximum absolute atomic E-state index is 12.1. The number of thioether (sulfide) groups is 1. The second-order valence-corrected chi connectivity index (χ2v) is 6.52. The van der Waals surface area contributed by atoms with Crippen molar-refractivity contribution in [2.24, 2.45) is 0 Å². The number of aromatic nitrogens is 3. The average molecular weight is 379 g/mol. The molecule has 0 aliphatic rings. The molecular formula is C16H12Cl2N4OS. The smallest absolute Gasteiger partial charge is 0.234 e. The van der Waals surface area contributed by atoms with Gasteiger partial charge < -0.3 is 5.32 Å². The number of aromatic amines is 1. The highest BCUT2D eigenvalue weighted by Crippen LogP contribution is 2.30. The minimum absolute atomic E-state index is 0.146. The highest BCUT2D eigenvalue weighted by molar-refractivity contribution is 7.99. The lowest BCUT2D eigenvalue weighted by Gasteiger charge is -2.08. The van der Waals surface area contributed by atoms with E-state index in [1.54, 1.807) is 18.2 Å². The highest BCUT2D eigenvalue weighted by atomic mass is 35.5. The van der Waals surface area contributed by atoms with Crippen LogP contribution in [-0.2, 0) is 4.79 Å². The van der Waals surface area contributed by atoms with E-state index in [2.05, 4.69) is 20.5 Å². The first kappa shape index (κ1) is 16.8. The van der Waals surface area contributed by atoms with Crippen LogP contribution in [0, 0.1) is 0 Å². The minimum Gasteiger partial charge on any atom is -0.323 e. The summed E-state index contributed by atoms with van der Waals surface area (Å²) in [5.74, 6) is 0.571. The van der Waals surface area contributed by atoms with Crippen LogP contribution in [0.15, 0.2) is 53.7 Å². The van der Waals surface area contributed by atoms with Gasteiger partial charge in [-0.1, -0.05) is 71.4 Å². The van der Waals surface area contributed by atoms with Crippen molar-refractivity contribution in [1.29, 1.82) is 0 Å². The Morgan fingerprint density at radius 2 is 1.79 bits per heavy atom. The van der Waals surface area contributed by atoms with Crippen molar-refractivity contribution in [1.82, 2.24) is 15.2 Å². The molecule has 1 amide bonds. The number of halogens is 2. The number of nitrogens with one attached hydrogen (secondary N) is 2. The molecule has 0 atom stereocenters. The van der Waals surface area contributed by atoms with Gasteiger partial charge in [0.15, 0.2) is 5.82 Å². The van der Waals surface area contributed by atoms with Gasteiger partial charge in [0.25, 0.3) is 0 Å². The maximum atomic E-state index is 12.1. The molecule has 0 bridgehead atoms. The van der Waals surface area contributed by atoms with Gasteiger partial charge in [-0.3, -0.25) is 9.89 Å². The van der Waals surface area contributed by atoms with Crippen LogP contribution in [0.4, 0.5) is 5.69 Å². The van der Waals surface area contributed by atoms with Crippen LogP contribution in [0.25, 0.3) is 11.4 Å². The third-order valence-electron chi connectivity index (χ3n) is 3.07. The first-order valence-corrected chi connectivity index (χ1v) is 8.72. The predicted octanol–water partition coefficient (Wildman–Crippen LogP) is 4.51. The first-order chi connectivity index (χ1) is 11.6. The molecule has 8 heteroatoms. The van der Waals surface area contributed by atoms with E-state index in [9.17, 15) is 4.79 Å². The summed E-state index contributed by atoms with van der Waals surface area (Å²) in [5, 5.41) is 10.9. The zero-order chi connectivity index (χ0) is 16.9. The van der Waals surface area contributed by atoms with Crippen LogP contribution in [0.3, 0.4) is 0 Å². The van der Waals surface area contributed by atoms with Gasteiger partial charge in [0.2, 0.25) is 11.1 Å². The number of nitrogens with zero attached hydrogens (tertiary/aromatic N) is 2. The Balaban J connectivity index is 1.60. The molecule has 3 aromatic rings. The number of para-hydroxylation sites is 1. The number of hydrogen-bond donors (Lipinski definition) is 2. The number of amides is 1. The lowest BCUT2D eigenvalue weighted by Crippen LogP contribution is -2.14. The van der Waals surface area contributed by atoms with Gasteiger partial charge in [-0.25, -0.2) is 4.98 Å². The third-order valence-corrected chi connectivity index (χ3v) is 4.55. The molecular weight excluding hydrogens is 367 g/mol. The van der Waals surface area contributed by atoms with E-state index in [1.807, 2.05) is 30.3 Å². The fourth-order valence-electron chi connectivity index (χ4n) is 1.96. The molecule has 0 unspecified atom stereocenters. The molecule has 2 aromatic carbocycles. The van der Waals surface area contributed by atoms with Crippen LogP contribution in [0.2, 0.25) is 10.0 Å². The third kappa shape index (κ3) is 4.08. The van der Waals surface area contributed by atoms with E-state index in [0.717, 1.165) is 5.56 Å². The van der Waals surface area contributed by atoms with Crippen molar-refractivity contribution in [2.45, 2.75) is 5.16 Å². The van der Waals surface area contributed by atoms with Crippen molar-refractivity contribution in [3.8, 4) is 11.4 Å². The van der Waals surface area contributed by atoms with Gasteiger partial charge in [-0.2, -0.15) is 0 Å². The number of H-pyrrole nitrogens is 1. The second kappa shape index (κ2) is 7.70. The largest absolute Gasteiger partial charge is 0.323 e. The predicted molar refractivity (Wildman–Crippen MR) is 97.6 cm³/mol. The molecule has 0 fully saturated rings. The SMILES string of the molecule is O=C(CSc1n[nH]c(-c2ccccc2)n1)Nc1c(Cl)cccc1Cl. The Hall–Kier alpha value is -2.02. The van der Waals surface area contributed by atoms with Crippen LogP contribution < -0.4 is 5.32 Å². The van der Waals surface area contributed by atoms with Crippen LogP contribution in [0.5, 0.6) is 0 Å². The Morgan fingerprint density at radius 3 is 2.50 bits per heavy atom. The molecule has 0 radical (unpaired) electrons. The Labute approximate surface area is 152 Å². The van der Waals surface area contributed by atoms with E-state index in [-0.39, 0.29) is 11.7 Å². The standard InChI is InChI=1S/C16H12Cl2N4OS/c17-11-7-4-8-12(18)14(11)19-13(23)9-24-16-20-15(21-22-16)10-5-2-1-3-6-10/h1-8H,9H2,(H,19,23)(H,20,21,22). The van der Waals surface area contributed by atoms with E-state index >= 15 is 0 Å². The van der Waals surface area contributed by atoms with E-state index in [1.165, 1.54) is 11.8 Å². The summed E-state index contributed by atoms with van der Waals surface area (Å²) in [6.45, 7) is 0. The van der Waals surface area contributed by atoms with Gasteiger partial charge in [-0.15, -0.1) is 5.10 Å². The lowest BCUT2D eigenvalue weighted by molar-refractivity contribution is -0.113. The summed E-state index contributed by atoms with van der Waals surface area (Å²) < 4.78 is 0. The van der Waals surface area contributed by atoms with Crippen molar-refractivity contribution < 1.29 is 4.79 Å². The molecule has 0 spiro atoms. The average Bonchev–Trinajstić information content (AvgIpc) is 3.06. The Morgan fingerprint density at radius 1 is 1.08 bits per heavy atom. The molecule has 5 nitrogen and oxygen atoms in total. The fourth-order valence-corrected chi connectivity index (χ4v) is 3.05. The summed E-state index contributed by atoms with van der Waals surface area (Å²) in [7, 11) is 0. The lowest BCUT2D eigenvalue weighted by atomic mass is 10.2. The normalized spacial score (nSPS) is 10.6. The molecule has 0 aliphatic heterocycles. The van der Waals surface area contributed by atoms with Crippen LogP contribution in [-0.4, -0.2) is 26.8 Å². The zero-order valence-corrected chi connectivity index (χ0v) is 14.6. The second-order valence-electron chi connectivity index (χ2n) is 4.77. The molecule has 122 valence electrons. The fraction of sp³-hybridized carbons (Fsp3) is 0.0625. The van der Waals surface area contributed by atoms with Gasteiger partial charge in [0.05, 0.1) is 21.5 Å². The van der Waals surface area contributed by atoms with E-state index in [4.69, 9.17) is 23.2 Å². The van der Waals surface area contributed by atoms with Gasteiger partial charge in [-0.05, 0) is 12.1 Å². The zero-order valence-electron chi connectivity index (χ0n) is 12.3. The summed E-state index contributed by atoms with van der Waals surface area (Å²) >= 11 is 13.3. The highest BCUT2D eigenvalue weighted by Gasteiger charge is 2.12. The molecule has 0 saturated carbocycles. The number of anilines is 1. The van der Waals surface area contributed by atoms with Crippen molar-refractivity contribution in [2.75, 3.05) is 11.1 Å². The number of hydrogen-bond acceptors (Lipinski definition) is 4. The van der Waals surface area contributed by atoms with Gasteiger partial charge in [0.1, 0.15) is 0 Å². The van der Waals surface area contributed by atoms with Crippen LogP contribution >= 0.6 is 35.0 Å². The molecule has 0 aliphatic carbocycles.